The van der Waals surface area contributed by atoms with Gasteiger partial charge in [-0.2, -0.15) is 0 Å². The standard InChI is InChI=1S/C23H27N3O2S/c1-17(2)19-9-4-5-10-20(19)26(22(27)21-11-8-14-28-21)15-18-16-29-23(24-18)25-12-6-3-7-13-25/h4-5,8-11,14,16-17H,3,6-7,12-13,15H2,1-2H3. The van der Waals surface area contributed by atoms with Crippen LogP contribution in [0, 0.1) is 0 Å². The number of benzene rings is 1. The zero-order chi connectivity index (χ0) is 20.2. The van der Waals surface area contributed by atoms with Gasteiger partial charge in [-0.05, 0) is 48.9 Å². The fourth-order valence-electron chi connectivity index (χ4n) is 3.78. The summed E-state index contributed by atoms with van der Waals surface area (Å²) in [6, 6.07) is 11.6. The molecule has 0 radical (unpaired) electrons. The summed E-state index contributed by atoms with van der Waals surface area (Å²) in [5, 5.41) is 3.13. The molecule has 0 spiro atoms. The first-order valence-corrected chi connectivity index (χ1v) is 11.1. The van der Waals surface area contributed by atoms with Crippen molar-refractivity contribution < 1.29 is 9.21 Å². The molecule has 0 aliphatic carbocycles. The molecular formula is C23H27N3O2S. The maximum Gasteiger partial charge on any atom is 0.294 e. The van der Waals surface area contributed by atoms with Crippen molar-refractivity contribution in [3.8, 4) is 0 Å². The monoisotopic (exact) mass is 409 g/mol. The van der Waals surface area contributed by atoms with Crippen LogP contribution in [0.25, 0.3) is 0 Å². The maximum absolute atomic E-state index is 13.3. The van der Waals surface area contributed by atoms with Crippen molar-refractivity contribution in [3.63, 3.8) is 0 Å². The highest BCUT2D eigenvalue weighted by atomic mass is 32.1. The van der Waals surface area contributed by atoms with Crippen molar-refractivity contribution in [1.82, 2.24) is 4.98 Å². The summed E-state index contributed by atoms with van der Waals surface area (Å²) in [7, 11) is 0. The van der Waals surface area contributed by atoms with Crippen LogP contribution in [0.1, 0.15) is 60.8 Å². The van der Waals surface area contributed by atoms with Gasteiger partial charge in [0.1, 0.15) is 0 Å². The third-order valence-electron chi connectivity index (χ3n) is 5.31. The number of carbonyl (C=O) groups is 1. The Kier molecular flexibility index (Phi) is 6.00. The van der Waals surface area contributed by atoms with Crippen LogP contribution < -0.4 is 9.80 Å². The molecule has 0 saturated carbocycles. The molecule has 3 heterocycles. The molecule has 1 fully saturated rings. The van der Waals surface area contributed by atoms with E-state index in [1.807, 2.05) is 18.2 Å². The summed E-state index contributed by atoms with van der Waals surface area (Å²) in [5.74, 6) is 0.503. The zero-order valence-electron chi connectivity index (χ0n) is 17.0. The van der Waals surface area contributed by atoms with Gasteiger partial charge in [0, 0.05) is 24.2 Å². The summed E-state index contributed by atoms with van der Waals surface area (Å²) in [4.78, 5) is 22.3. The topological polar surface area (TPSA) is 49.6 Å². The summed E-state index contributed by atoms with van der Waals surface area (Å²) >= 11 is 1.67. The Morgan fingerprint density at radius 1 is 1.17 bits per heavy atom. The van der Waals surface area contributed by atoms with E-state index < -0.39 is 0 Å². The first kappa shape index (κ1) is 19.7. The van der Waals surface area contributed by atoms with Gasteiger partial charge < -0.3 is 9.32 Å². The lowest BCUT2D eigenvalue weighted by Crippen LogP contribution is -2.32. The normalized spacial score (nSPS) is 14.4. The number of aromatic nitrogens is 1. The average molecular weight is 410 g/mol. The minimum atomic E-state index is -0.143. The van der Waals surface area contributed by atoms with Crippen LogP contribution in [0.2, 0.25) is 0 Å². The van der Waals surface area contributed by atoms with Crippen LogP contribution in [0.4, 0.5) is 10.8 Å². The third kappa shape index (κ3) is 4.37. The summed E-state index contributed by atoms with van der Waals surface area (Å²) in [6.07, 6.45) is 5.28. The number of carbonyl (C=O) groups excluding carboxylic acids is 1. The second kappa shape index (κ2) is 8.82. The smallest absolute Gasteiger partial charge is 0.294 e. The van der Waals surface area contributed by atoms with Crippen LogP contribution in [0.5, 0.6) is 0 Å². The predicted molar refractivity (Wildman–Crippen MR) is 118 cm³/mol. The van der Waals surface area contributed by atoms with E-state index in [-0.39, 0.29) is 5.91 Å². The van der Waals surface area contributed by atoms with E-state index in [0.29, 0.717) is 18.2 Å². The number of hydrogen-bond acceptors (Lipinski definition) is 5. The molecule has 3 aromatic rings. The van der Waals surface area contributed by atoms with E-state index in [0.717, 1.165) is 35.2 Å². The largest absolute Gasteiger partial charge is 0.459 e. The number of anilines is 2. The van der Waals surface area contributed by atoms with Crippen LogP contribution in [0.15, 0.2) is 52.5 Å². The van der Waals surface area contributed by atoms with Gasteiger partial charge >= 0.3 is 0 Å². The minimum Gasteiger partial charge on any atom is -0.459 e. The number of rotatable bonds is 6. The predicted octanol–water partition coefficient (Wildman–Crippen LogP) is 5.70. The number of hydrogen-bond donors (Lipinski definition) is 0. The van der Waals surface area contributed by atoms with Crippen LogP contribution in [-0.4, -0.2) is 24.0 Å². The van der Waals surface area contributed by atoms with Gasteiger partial charge in [-0.15, -0.1) is 11.3 Å². The Hall–Kier alpha value is -2.60. The van der Waals surface area contributed by atoms with Crippen molar-refractivity contribution >= 4 is 28.1 Å². The second-order valence-corrected chi connectivity index (χ2v) is 8.59. The Labute approximate surface area is 176 Å². The van der Waals surface area contributed by atoms with Crippen molar-refractivity contribution in [2.24, 2.45) is 0 Å². The van der Waals surface area contributed by atoms with Gasteiger partial charge in [-0.1, -0.05) is 32.0 Å². The van der Waals surface area contributed by atoms with Crippen molar-refractivity contribution in [1.29, 1.82) is 0 Å². The van der Waals surface area contributed by atoms with E-state index in [4.69, 9.17) is 9.40 Å². The Bertz CT molecular complexity index is 943. The fourth-order valence-corrected chi connectivity index (χ4v) is 4.65. The quantitative estimate of drug-likeness (QED) is 0.524. The number of furan rings is 1. The Balaban J connectivity index is 1.65. The molecule has 0 unspecified atom stereocenters. The number of para-hydroxylation sites is 1. The van der Waals surface area contributed by atoms with Gasteiger partial charge in [0.05, 0.1) is 18.5 Å². The molecule has 1 aliphatic rings. The molecule has 1 aromatic carbocycles. The molecule has 2 aromatic heterocycles. The van der Waals surface area contributed by atoms with Gasteiger partial charge in [0.25, 0.3) is 5.91 Å². The van der Waals surface area contributed by atoms with E-state index in [1.165, 1.54) is 25.5 Å². The number of amides is 1. The summed E-state index contributed by atoms with van der Waals surface area (Å²) < 4.78 is 5.42. The van der Waals surface area contributed by atoms with Gasteiger partial charge in [-0.3, -0.25) is 9.69 Å². The van der Waals surface area contributed by atoms with Crippen molar-refractivity contribution in [3.05, 3.63) is 65.1 Å². The Morgan fingerprint density at radius 2 is 1.97 bits per heavy atom. The molecule has 4 rings (SSSR count). The second-order valence-electron chi connectivity index (χ2n) is 7.75. The van der Waals surface area contributed by atoms with Crippen molar-refractivity contribution in [2.75, 3.05) is 22.9 Å². The molecule has 152 valence electrons. The molecule has 6 heteroatoms. The zero-order valence-corrected chi connectivity index (χ0v) is 17.8. The molecule has 29 heavy (non-hydrogen) atoms. The molecule has 0 bridgehead atoms. The molecular weight excluding hydrogens is 382 g/mol. The average Bonchev–Trinajstić information content (AvgIpc) is 3.44. The highest BCUT2D eigenvalue weighted by Crippen LogP contribution is 2.31. The lowest BCUT2D eigenvalue weighted by molar-refractivity contribution is 0.0958. The van der Waals surface area contributed by atoms with Gasteiger partial charge in [-0.25, -0.2) is 4.98 Å². The van der Waals surface area contributed by atoms with Crippen LogP contribution >= 0.6 is 11.3 Å². The van der Waals surface area contributed by atoms with Gasteiger partial charge in [0.15, 0.2) is 10.9 Å². The van der Waals surface area contributed by atoms with Gasteiger partial charge in [0.2, 0.25) is 0 Å². The molecule has 0 atom stereocenters. The molecule has 1 amide bonds. The number of thiazole rings is 1. The first-order valence-electron chi connectivity index (χ1n) is 10.3. The highest BCUT2D eigenvalue weighted by Gasteiger charge is 2.25. The fraction of sp³-hybridized carbons (Fsp3) is 0.391. The molecule has 0 N–H and O–H groups in total. The van der Waals surface area contributed by atoms with Crippen molar-refractivity contribution in [2.45, 2.75) is 45.6 Å². The SMILES string of the molecule is CC(C)c1ccccc1N(Cc1csc(N2CCCCC2)n1)C(=O)c1ccco1. The van der Waals surface area contributed by atoms with E-state index >= 15 is 0 Å². The lowest BCUT2D eigenvalue weighted by atomic mass is 10.00. The molecule has 1 aliphatic heterocycles. The minimum absolute atomic E-state index is 0.143. The Morgan fingerprint density at radius 3 is 2.69 bits per heavy atom. The highest BCUT2D eigenvalue weighted by molar-refractivity contribution is 7.13. The first-order chi connectivity index (χ1) is 14.1. The third-order valence-corrected chi connectivity index (χ3v) is 6.26. The van der Waals surface area contributed by atoms with Crippen LogP contribution in [0.3, 0.4) is 0 Å². The molecule has 1 saturated heterocycles. The molecule has 5 nitrogen and oxygen atoms in total. The van der Waals surface area contributed by atoms with Crippen LogP contribution in [-0.2, 0) is 6.54 Å². The summed E-state index contributed by atoms with van der Waals surface area (Å²) in [5.41, 5.74) is 2.96. The number of piperidine rings is 1. The maximum atomic E-state index is 13.3. The van der Waals surface area contributed by atoms with E-state index in [2.05, 4.69) is 30.2 Å². The van der Waals surface area contributed by atoms with E-state index in [1.54, 1.807) is 28.4 Å². The number of nitrogens with zero attached hydrogens (tertiary/aromatic N) is 3. The lowest BCUT2D eigenvalue weighted by Gasteiger charge is -2.26. The summed E-state index contributed by atoms with van der Waals surface area (Å²) in [6.45, 7) is 6.85. The van der Waals surface area contributed by atoms with E-state index in [9.17, 15) is 4.79 Å².